The summed E-state index contributed by atoms with van der Waals surface area (Å²) in [6, 6.07) is 6.39. The number of benzene rings is 1. The van der Waals surface area contributed by atoms with E-state index in [1.54, 1.807) is 31.3 Å². The van der Waals surface area contributed by atoms with Crippen LogP contribution in [-0.2, 0) is 0 Å². The first-order valence-electron chi connectivity index (χ1n) is 4.94. The normalized spacial score (nSPS) is 9.94. The molecule has 5 heteroatoms. The van der Waals surface area contributed by atoms with Crippen molar-refractivity contribution >= 4 is 5.97 Å². The number of nitrogens with zero attached hydrogens (tertiary/aromatic N) is 2. The van der Waals surface area contributed by atoms with E-state index in [2.05, 4.69) is 9.97 Å². The molecule has 86 valence electrons. The predicted molar refractivity (Wildman–Crippen MR) is 60.2 cm³/mol. The van der Waals surface area contributed by atoms with Gasteiger partial charge >= 0.3 is 5.97 Å². The van der Waals surface area contributed by atoms with E-state index in [0.29, 0.717) is 17.2 Å². The Labute approximate surface area is 97.7 Å². The minimum Gasteiger partial charge on any atom is -0.478 e. The van der Waals surface area contributed by atoms with Crippen LogP contribution in [0.15, 0.2) is 36.8 Å². The highest BCUT2D eigenvalue weighted by atomic mass is 16.5. The average Bonchev–Trinajstić information content (AvgIpc) is 2.30. The maximum atomic E-state index is 10.8. The number of aromatic carboxylic acids is 1. The summed E-state index contributed by atoms with van der Waals surface area (Å²) in [5.41, 5.74) is 0.907. The molecule has 17 heavy (non-hydrogen) atoms. The Kier molecular flexibility index (Phi) is 3.00. The third-order valence-corrected chi connectivity index (χ3v) is 2.21. The van der Waals surface area contributed by atoms with Gasteiger partial charge in [-0.15, -0.1) is 0 Å². The van der Waals surface area contributed by atoms with Gasteiger partial charge in [-0.3, -0.25) is 0 Å². The maximum absolute atomic E-state index is 10.8. The van der Waals surface area contributed by atoms with Crippen LogP contribution in [0.3, 0.4) is 0 Å². The van der Waals surface area contributed by atoms with E-state index in [1.165, 1.54) is 12.4 Å². The number of carboxylic acid groups (broad SMARTS) is 1. The molecule has 0 fully saturated rings. The molecule has 0 aliphatic carbocycles. The lowest BCUT2D eigenvalue weighted by Gasteiger charge is -2.06. The van der Waals surface area contributed by atoms with Gasteiger partial charge in [-0.2, -0.15) is 0 Å². The van der Waals surface area contributed by atoms with Gasteiger partial charge in [0.2, 0.25) is 5.88 Å². The summed E-state index contributed by atoms with van der Waals surface area (Å²) >= 11 is 0. The third-order valence-electron chi connectivity index (χ3n) is 2.21. The minimum absolute atomic E-state index is 0.264. The van der Waals surface area contributed by atoms with Gasteiger partial charge in [0, 0.05) is 12.3 Å². The van der Waals surface area contributed by atoms with Crippen molar-refractivity contribution in [2.24, 2.45) is 0 Å². The van der Waals surface area contributed by atoms with Crippen LogP contribution in [0, 0.1) is 6.92 Å². The van der Waals surface area contributed by atoms with Gasteiger partial charge in [-0.25, -0.2) is 14.8 Å². The number of rotatable bonds is 3. The number of hydrogen-bond donors (Lipinski definition) is 1. The Morgan fingerprint density at radius 3 is 2.76 bits per heavy atom. The monoisotopic (exact) mass is 230 g/mol. The van der Waals surface area contributed by atoms with Gasteiger partial charge < -0.3 is 9.84 Å². The molecular weight excluding hydrogens is 220 g/mol. The van der Waals surface area contributed by atoms with Crippen LogP contribution in [0.4, 0.5) is 0 Å². The number of carbonyl (C=O) groups is 1. The maximum Gasteiger partial charge on any atom is 0.335 e. The number of hydrogen-bond acceptors (Lipinski definition) is 4. The number of aromatic nitrogens is 2. The van der Waals surface area contributed by atoms with Crippen molar-refractivity contribution in [2.75, 3.05) is 0 Å². The summed E-state index contributed by atoms with van der Waals surface area (Å²) in [6.45, 7) is 1.72. The smallest absolute Gasteiger partial charge is 0.335 e. The van der Waals surface area contributed by atoms with E-state index in [-0.39, 0.29) is 5.56 Å². The molecule has 0 spiro atoms. The van der Waals surface area contributed by atoms with Crippen molar-refractivity contribution in [1.29, 1.82) is 0 Å². The van der Waals surface area contributed by atoms with Gasteiger partial charge in [-0.1, -0.05) is 0 Å². The van der Waals surface area contributed by atoms with Crippen LogP contribution in [0.1, 0.15) is 15.9 Å². The largest absolute Gasteiger partial charge is 0.478 e. The quantitative estimate of drug-likeness (QED) is 0.875. The number of aryl methyl sites for hydroxylation is 1. The highest BCUT2D eigenvalue weighted by Gasteiger charge is 2.08. The van der Waals surface area contributed by atoms with Crippen molar-refractivity contribution in [2.45, 2.75) is 6.92 Å². The fourth-order valence-corrected chi connectivity index (χ4v) is 1.40. The predicted octanol–water partition coefficient (Wildman–Crippen LogP) is 2.28. The van der Waals surface area contributed by atoms with E-state index in [9.17, 15) is 4.79 Å². The van der Waals surface area contributed by atoms with Crippen molar-refractivity contribution in [3.63, 3.8) is 0 Å². The van der Waals surface area contributed by atoms with Gasteiger partial charge in [0.05, 0.1) is 5.56 Å². The molecule has 0 aliphatic heterocycles. The molecule has 0 unspecified atom stereocenters. The van der Waals surface area contributed by atoms with Crippen LogP contribution in [-0.4, -0.2) is 21.0 Å². The molecule has 0 bridgehead atoms. The minimum atomic E-state index is -0.948. The Balaban J connectivity index is 2.24. The van der Waals surface area contributed by atoms with Crippen molar-refractivity contribution in [1.82, 2.24) is 9.97 Å². The zero-order valence-electron chi connectivity index (χ0n) is 9.12. The first-order valence-corrected chi connectivity index (χ1v) is 4.94. The zero-order chi connectivity index (χ0) is 12.3. The third kappa shape index (κ3) is 2.57. The molecule has 2 rings (SSSR count). The van der Waals surface area contributed by atoms with Crippen molar-refractivity contribution in [3.8, 4) is 11.6 Å². The lowest BCUT2D eigenvalue weighted by molar-refractivity contribution is 0.0696. The van der Waals surface area contributed by atoms with Gasteiger partial charge in [0.1, 0.15) is 12.1 Å². The zero-order valence-corrected chi connectivity index (χ0v) is 9.12. The van der Waals surface area contributed by atoms with Gasteiger partial charge in [-0.05, 0) is 30.7 Å². The second-order valence-electron chi connectivity index (χ2n) is 3.43. The Morgan fingerprint density at radius 2 is 2.18 bits per heavy atom. The first kappa shape index (κ1) is 11.1. The highest BCUT2D eigenvalue weighted by Crippen LogP contribution is 2.21. The highest BCUT2D eigenvalue weighted by molar-refractivity contribution is 5.89. The molecule has 1 heterocycles. The van der Waals surface area contributed by atoms with Crippen LogP contribution in [0.2, 0.25) is 0 Å². The van der Waals surface area contributed by atoms with E-state index in [0.717, 1.165) is 0 Å². The van der Waals surface area contributed by atoms with Crippen LogP contribution < -0.4 is 4.74 Å². The van der Waals surface area contributed by atoms with E-state index >= 15 is 0 Å². The van der Waals surface area contributed by atoms with E-state index < -0.39 is 5.97 Å². The van der Waals surface area contributed by atoms with Crippen LogP contribution in [0.5, 0.6) is 11.6 Å². The Bertz CT molecular complexity index is 541. The average molecular weight is 230 g/mol. The van der Waals surface area contributed by atoms with E-state index in [4.69, 9.17) is 9.84 Å². The molecule has 0 amide bonds. The lowest BCUT2D eigenvalue weighted by atomic mass is 10.1. The summed E-state index contributed by atoms with van der Waals surface area (Å²) in [6.07, 6.45) is 2.95. The fraction of sp³-hybridized carbons (Fsp3) is 0.0833. The fourth-order valence-electron chi connectivity index (χ4n) is 1.40. The molecule has 0 radical (unpaired) electrons. The molecule has 0 atom stereocenters. The van der Waals surface area contributed by atoms with Gasteiger partial charge in [0.15, 0.2) is 0 Å². The molecule has 0 saturated heterocycles. The summed E-state index contributed by atoms with van der Waals surface area (Å²) in [5, 5.41) is 8.88. The molecule has 1 N–H and O–H groups in total. The van der Waals surface area contributed by atoms with E-state index in [1.807, 2.05) is 0 Å². The second kappa shape index (κ2) is 4.61. The number of carboxylic acids is 1. The molecule has 2 aromatic rings. The lowest BCUT2D eigenvalue weighted by Crippen LogP contribution is -1.99. The molecule has 0 saturated carbocycles. The molecular formula is C12H10N2O3. The molecule has 1 aromatic carbocycles. The first-order chi connectivity index (χ1) is 8.16. The van der Waals surface area contributed by atoms with Crippen LogP contribution in [0.25, 0.3) is 0 Å². The summed E-state index contributed by atoms with van der Waals surface area (Å²) in [7, 11) is 0. The Morgan fingerprint density at radius 1 is 1.35 bits per heavy atom. The Hall–Kier alpha value is -2.43. The number of ether oxygens (including phenoxy) is 1. The van der Waals surface area contributed by atoms with Crippen molar-refractivity contribution < 1.29 is 14.6 Å². The molecule has 0 aliphatic rings. The van der Waals surface area contributed by atoms with Gasteiger partial charge in [0.25, 0.3) is 0 Å². The van der Waals surface area contributed by atoms with Crippen molar-refractivity contribution in [3.05, 3.63) is 47.9 Å². The summed E-state index contributed by atoms with van der Waals surface area (Å²) in [4.78, 5) is 18.5. The summed E-state index contributed by atoms with van der Waals surface area (Å²) < 4.78 is 5.45. The molecule has 5 nitrogen and oxygen atoms in total. The standard InChI is InChI=1S/C12H10N2O3/c1-8-6-9(2-3-10(8)12(15)16)17-11-4-5-13-7-14-11/h2-7H,1H3,(H,15,16). The second-order valence-corrected chi connectivity index (χ2v) is 3.43. The van der Waals surface area contributed by atoms with Crippen LogP contribution >= 0.6 is 0 Å². The topological polar surface area (TPSA) is 72.3 Å². The molecule has 1 aromatic heterocycles. The SMILES string of the molecule is Cc1cc(Oc2ccncn2)ccc1C(=O)O. The summed E-state index contributed by atoms with van der Waals surface area (Å²) in [5.74, 6) is 0.0183.